The number of benzene rings is 1. The predicted octanol–water partition coefficient (Wildman–Crippen LogP) is 6.45. The van der Waals surface area contributed by atoms with Gasteiger partial charge in [0.1, 0.15) is 11.6 Å². The van der Waals surface area contributed by atoms with E-state index in [0.29, 0.717) is 23.3 Å². The number of rotatable bonds is 11. The molecule has 9 heteroatoms. The Kier molecular flexibility index (Phi) is 6.92. The number of oxazole rings is 1. The van der Waals surface area contributed by atoms with E-state index in [0.717, 1.165) is 49.0 Å². The van der Waals surface area contributed by atoms with Crippen molar-refractivity contribution in [2.45, 2.75) is 51.2 Å². The highest BCUT2D eigenvalue weighted by atomic mass is 19.1. The number of fused-ring (bicyclic) bond motifs is 2. The van der Waals surface area contributed by atoms with Gasteiger partial charge in [-0.1, -0.05) is 31.4 Å². The molecule has 0 unspecified atom stereocenters. The van der Waals surface area contributed by atoms with Crippen molar-refractivity contribution >= 4 is 28.0 Å². The Hall–Kier alpha value is -3.88. The molecule has 7 nitrogen and oxygen atoms in total. The molecule has 4 heterocycles. The number of unbranched alkanes of at least 4 members (excludes halogenated alkanes) is 3. The molecule has 2 N–H and O–H groups in total. The third-order valence-corrected chi connectivity index (χ3v) is 5.91. The summed E-state index contributed by atoms with van der Waals surface area (Å²) < 4.78 is 34.3. The molecule has 5 rings (SSSR count). The van der Waals surface area contributed by atoms with Crippen LogP contribution in [0.25, 0.3) is 22.1 Å². The molecule has 0 bridgehead atoms. The molecule has 4 aromatic heterocycles. The number of hydrogen-bond acceptors (Lipinski definition) is 6. The highest BCUT2D eigenvalue weighted by Gasteiger charge is 2.19. The van der Waals surface area contributed by atoms with Crippen molar-refractivity contribution in [1.29, 1.82) is 0 Å². The molecule has 180 valence electrons. The summed E-state index contributed by atoms with van der Waals surface area (Å²) in [6, 6.07) is 12.5. The molecule has 0 spiro atoms. The quantitative estimate of drug-likeness (QED) is 0.213. The van der Waals surface area contributed by atoms with Crippen molar-refractivity contribution in [3.05, 3.63) is 78.1 Å². The van der Waals surface area contributed by atoms with Crippen LogP contribution >= 0.6 is 0 Å². The smallest absolute Gasteiger partial charge is 0.230 e. The van der Waals surface area contributed by atoms with Crippen LogP contribution in [0.3, 0.4) is 0 Å². The van der Waals surface area contributed by atoms with Gasteiger partial charge in [-0.25, -0.2) is 23.7 Å². The molecular formula is C26H26F2N6O. The first-order chi connectivity index (χ1) is 17.2. The van der Waals surface area contributed by atoms with Crippen LogP contribution in [0.4, 0.5) is 14.6 Å². The van der Waals surface area contributed by atoms with Gasteiger partial charge in [-0.05, 0) is 37.1 Å². The molecule has 0 aliphatic heterocycles. The summed E-state index contributed by atoms with van der Waals surface area (Å²) in [7, 11) is 0. The van der Waals surface area contributed by atoms with Gasteiger partial charge >= 0.3 is 0 Å². The van der Waals surface area contributed by atoms with Crippen molar-refractivity contribution in [3.8, 4) is 0 Å². The van der Waals surface area contributed by atoms with E-state index in [9.17, 15) is 8.78 Å². The van der Waals surface area contributed by atoms with E-state index in [1.807, 2.05) is 24.3 Å². The summed E-state index contributed by atoms with van der Waals surface area (Å²) in [6.07, 6.45) is 6.65. The van der Waals surface area contributed by atoms with Crippen molar-refractivity contribution < 1.29 is 13.2 Å². The van der Waals surface area contributed by atoms with Crippen LogP contribution in [0.2, 0.25) is 0 Å². The maximum Gasteiger partial charge on any atom is 0.230 e. The topological polar surface area (TPSA) is 92.5 Å². The van der Waals surface area contributed by atoms with E-state index in [4.69, 9.17) is 4.42 Å². The van der Waals surface area contributed by atoms with Crippen LogP contribution in [0, 0.1) is 5.82 Å². The first-order valence-corrected chi connectivity index (χ1v) is 11.8. The molecule has 1 aromatic carbocycles. The molecule has 0 fully saturated rings. The number of halogens is 2. The Morgan fingerprint density at radius 1 is 0.943 bits per heavy atom. The zero-order chi connectivity index (χ0) is 24.0. The van der Waals surface area contributed by atoms with Gasteiger partial charge in [-0.3, -0.25) is 4.98 Å². The fraction of sp³-hybridized carbons (Fsp3) is 0.308. The fourth-order valence-corrected chi connectivity index (χ4v) is 4.07. The third kappa shape index (κ3) is 5.45. The lowest BCUT2D eigenvalue weighted by Gasteiger charge is -2.05. The van der Waals surface area contributed by atoms with Gasteiger partial charge in [-0.15, -0.1) is 0 Å². The lowest BCUT2D eigenvalue weighted by atomic mass is 10.1. The highest BCUT2D eigenvalue weighted by Crippen LogP contribution is 2.29. The summed E-state index contributed by atoms with van der Waals surface area (Å²) >= 11 is 0. The predicted molar refractivity (Wildman–Crippen MR) is 130 cm³/mol. The maximum absolute atomic E-state index is 14.8. The highest BCUT2D eigenvalue weighted by molar-refractivity contribution is 5.84. The standard InChI is InChI=1S/C26H26F2N6O/c27-17-9-7-14-29-21(17)16-31-25-24-22(13-15-30-25)35-26(34-24)18(28)8-3-1-2-4-12-23-32-19-10-5-6-11-20(19)33-23/h5-7,9-11,13-15,18H,1-4,8,12,16H2,(H,30,31)(H,32,33)/t18-/m0/s1. The second-order valence-electron chi connectivity index (χ2n) is 8.46. The number of alkyl halides is 1. The number of anilines is 1. The minimum absolute atomic E-state index is 0.0438. The van der Waals surface area contributed by atoms with Crippen LogP contribution in [-0.4, -0.2) is 24.9 Å². The molecule has 0 radical (unpaired) electrons. The van der Waals surface area contributed by atoms with Gasteiger partial charge in [0.15, 0.2) is 23.1 Å². The van der Waals surface area contributed by atoms with Crippen molar-refractivity contribution in [2.75, 3.05) is 5.32 Å². The minimum atomic E-state index is -1.29. The summed E-state index contributed by atoms with van der Waals surface area (Å²) in [5.41, 5.74) is 3.16. The molecular weight excluding hydrogens is 450 g/mol. The van der Waals surface area contributed by atoms with Gasteiger partial charge in [0.25, 0.3) is 0 Å². The Balaban J connectivity index is 1.10. The largest absolute Gasteiger partial charge is 0.437 e. The van der Waals surface area contributed by atoms with Crippen molar-refractivity contribution in [1.82, 2.24) is 24.9 Å². The van der Waals surface area contributed by atoms with Gasteiger partial charge in [-0.2, -0.15) is 0 Å². The molecule has 0 saturated heterocycles. The molecule has 0 aliphatic carbocycles. The third-order valence-electron chi connectivity index (χ3n) is 5.91. The molecule has 0 saturated carbocycles. The number of aromatic amines is 1. The Bertz CT molecular complexity index is 1380. The van der Waals surface area contributed by atoms with Crippen LogP contribution < -0.4 is 5.32 Å². The van der Waals surface area contributed by atoms with Gasteiger partial charge < -0.3 is 14.7 Å². The lowest BCUT2D eigenvalue weighted by molar-refractivity contribution is 0.259. The summed E-state index contributed by atoms with van der Waals surface area (Å²) in [6.45, 7) is 0.133. The minimum Gasteiger partial charge on any atom is -0.437 e. The number of para-hydroxylation sites is 2. The SMILES string of the molecule is Fc1cccnc1CNc1nccc2oc([C@@H](F)CCCCCCc3nc4ccccc4[nH]3)nc12. The number of aromatic nitrogens is 5. The number of H-pyrrole nitrogens is 1. The number of imidazole rings is 1. The van der Waals surface area contributed by atoms with E-state index in [1.165, 1.54) is 18.3 Å². The van der Waals surface area contributed by atoms with Crippen molar-refractivity contribution in [2.24, 2.45) is 0 Å². The molecule has 35 heavy (non-hydrogen) atoms. The van der Waals surface area contributed by atoms with E-state index >= 15 is 0 Å². The van der Waals surface area contributed by atoms with E-state index in [2.05, 4.69) is 30.2 Å². The summed E-state index contributed by atoms with van der Waals surface area (Å²) in [5, 5.41) is 3.02. The number of aryl methyl sites for hydroxylation is 1. The summed E-state index contributed by atoms with van der Waals surface area (Å²) in [4.78, 5) is 20.5. The second kappa shape index (κ2) is 10.6. The van der Waals surface area contributed by atoms with Crippen LogP contribution in [0.5, 0.6) is 0 Å². The number of nitrogens with zero attached hydrogens (tertiary/aromatic N) is 4. The van der Waals surface area contributed by atoms with Gasteiger partial charge in [0, 0.05) is 24.9 Å². The second-order valence-corrected chi connectivity index (χ2v) is 8.46. The average Bonchev–Trinajstić information content (AvgIpc) is 3.50. The van der Waals surface area contributed by atoms with E-state index in [-0.39, 0.29) is 18.1 Å². The lowest BCUT2D eigenvalue weighted by Crippen LogP contribution is -2.05. The average molecular weight is 477 g/mol. The van der Waals surface area contributed by atoms with Crippen LogP contribution in [-0.2, 0) is 13.0 Å². The molecule has 5 aromatic rings. The zero-order valence-corrected chi connectivity index (χ0v) is 19.2. The first kappa shape index (κ1) is 22.9. The Labute approximate surface area is 201 Å². The normalized spacial score (nSPS) is 12.4. The van der Waals surface area contributed by atoms with Crippen LogP contribution in [0.1, 0.15) is 55.7 Å². The zero-order valence-electron chi connectivity index (χ0n) is 19.2. The van der Waals surface area contributed by atoms with Crippen LogP contribution in [0.15, 0.2) is 59.3 Å². The molecule has 1 atom stereocenters. The summed E-state index contributed by atoms with van der Waals surface area (Å²) in [5.74, 6) is 1.03. The van der Waals surface area contributed by atoms with Gasteiger partial charge in [0.2, 0.25) is 5.89 Å². The fourth-order valence-electron chi connectivity index (χ4n) is 4.07. The monoisotopic (exact) mass is 476 g/mol. The number of nitrogens with one attached hydrogen (secondary N) is 2. The molecule has 0 amide bonds. The molecule has 0 aliphatic rings. The first-order valence-electron chi connectivity index (χ1n) is 11.8. The Morgan fingerprint density at radius 2 is 1.83 bits per heavy atom. The maximum atomic E-state index is 14.8. The Morgan fingerprint density at radius 3 is 2.71 bits per heavy atom. The van der Waals surface area contributed by atoms with Gasteiger partial charge in [0.05, 0.1) is 23.3 Å². The van der Waals surface area contributed by atoms with E-state index in [1.54, 1.807) is 12.3 Å². The number of pyridine rings is 2. The van der Waals surface area contributed by atoms with E-state index < -0.39 is 12.0 Å². The number of hydrogen-bond donors (Lipinski definition) is 2. The van der Waals surface area contributed by atoms with Crippen molar-refractivity contribution in [3.63, 3.8) is 0 Å².